The van der Waals surface area contributed by atoms with E-state index >= 15 is 0 Å². The van der Waals surface area contributed by atoms with Gasteiger partial charge in [-0.05, 0) is 56.2 Å². The molecule has 2 aliphatic rings. The van der Waals surface area contributed by atoms with Crippen LogP contribution in [0.2, 0.25) is 0 Å². The lowest BCUT2D eigenvalue weighted by atomic mass is 9.77. The monoisotopic (exact) mass is 421 g/mol. The van der Waals surface area contributed by atoms with Crippen LogP contribution in [-0.2, 0) is 9.59 Å². The highest BCUT2D eigenvalue weighted by atomic mass is 79.9. The van der Waals surface area contributed by atoms with Gasteiger partial charge in [-0.3, -0.25) is 14.5 Å². The summed E-state index contributed by atoms with van der Waals surface area (Å²) in [7, 11) is 0. The number of rotatable bonds is 4. The molecule has 26 heavy (non-hydrogen) atoms. The van der Waals surface area contributed by atoms with E-state index in [4.69, 9.17) is 0 Å². The van der Waals surface area contributed by atoms with Crippen molar-refractivity contribution in [2.24, 2.45) is 5.92 Å². The Labute approximate surface area is 161 Å². The molecule has 1 saturated carbocycles. The number of benzene rings is 1. The van der Waals surface area contributed by atoms with Crippen LogP contribution in [-0.4, -0.2) is 34.8 Å². The number of amides is 4. The van der Waals surface area contributed by atoms with E-state index in [0.29, 0.717) is 18.8 Å². The van der Waals surface area contributed by atoms with E-state index in [1.54, 1.807) is 0 Å². The van der Waals surface area contributed by atoms with Gasteiger partial charge in [0.2, 0.25) is 5.91 Å². The molecule has 1 heterocycles. The second-order valence-electron chi connectivity index (χ2n) is 7.43. The first-order valence-corrected chi connectivity index (χ1v) is 9.79. The lowest BCUT2D eigenvalue weighted by Crippen LogP contribution is -2.50. The summed E-state index contributed by atoms with van der Waals surface area (Å²) in [5, 5.41) is 5.69. The van der Waals surface area contributed by atoms with Crippen LogP contribution < -0.4 is 10.6 Å². The first-order valence-electron chi connectivity index (χ1n) is 9.00. The third kappa shape index (κ3) is 3.77. The van der Waals surface area contributed by atoms with Gasteiger partial charge in [-0.2, -0.15) is 0 Å². The molecule has 1 atom stereocenters. The Balaban J connectivity index is 1.61. The Morgan fingerprint density at radius 3 is 2.54 bits per heavy atom. The van der Waals surface area contributed by atoms with Crippen LogP contribution in [0.25, 0.3) is 0 Å². The van der Waals surface area contributed by atoms with Crippen molar-refractivity contribution in [3.05, 3.63) is 34.3 Å². The maximum absolute atomic E-state index is 12.8. The fraction of sp³-hybridized carbons (Fsp3) is 0.526. The number of carbonyl (C=O) groups excluding carboxylic acids is 3. The zero-order valence-electron chi connectivity index (χ0n) is 15.0. The highest BCUT2D eigenvalue weighted by molar-refractivity contribution is 9.10. The van der Waals surface area contributed by atoms with Gasteiger partial charge in [0.15, 0.2) is 0 Å². The predicted molar refractivity (Wildman–Crippen MR) is 101 cm³/mol. The summed E-state index contributed by atoms with van der Waals surface area (Å²) in [5.74, 6) is -0.0413. The smallest absolute Gasteiger partial charge is 0.325 e. The van der Waals surface area contributed by atoms with Gasteiger partial charge in [-0.15, -0.1) is 0 Å². The number of halogens is 1. The molecule has 4 amide bonds. The van der Waals surface area contributed by atoms with Crippen LogP contribution in [0.15, 0.2) is 28.7 Å². The average Bonchev–Trinajstić information content (AvgIpc) is 2.82. The first kappa shape index (κ1) is 18.9. The second kappa shape index (κ2) is 7.39. The summed E-state index contributed by atoms with van der Waals surface area (Å²) in [5.41, 5.74) is 0.151. The molecule has 1 aliphatic carbocycles. The highest BCUT2D eigenvalue weighted by Gasteiger charge is 2.52. The average molecular weight is 422 g/mol. The van der Waals surface area contributed by atoms with Gasteiger partial charge in [-0.25, -0.2) is 4.79 Å². The van der Waals surface area contributed by atoms with Gasteiger partial charge in [0.25, 0.3) is 5.91 Å². The van der Waals surface area contributed by atoms with Crippen molar-refractivity contribution >= 4 is 33.8 Å². The number of hydrogen-bond donors (Lipinski definition) is 2. The standard InChI is InChI=1S/C19H24BrN3O3/c1-12-7-9-19(10-8-12)17(25)23(18(26)22-19)11-16(24)21-13(2)14-3-5-15(20)6-4-14/h3-6,12-13H,7-11H2,1-2H3,(H,21,24)(H,22,26)/t12?,13-,19?/m1/s1. The molecule has 2 N–H and O–H groups in total. The highest BCUT2D eigenvalue weighted by Crippen LogP contribution is 2.36. The first-order chi connectivity index (χ1) is 12.3. The maximum Gasteiger partial charge on any atom is 0.325 e. The largest absolute Gasteiger partial charge is 0.348 e. The minimum atomic E-state index is -0.804. The lowest BCUT2D eigenvalue weighted by molar-refractivity contribution is -0.136. The number of nitrogens with zero attached hydrogens (tertiary/aromatic N) is 1. The van der Waals surface area contributed by atoms with Crippen molar-refractivity contribution in [1.29, 1.82) is 0 Å². The van der Waals surface area contributed by atoms with Crippen molar-refractivity contribution in [3.8, 4) is 0 Å². The van der Waals surface area contributed by atoms with E-state index in [-0.39, 0.29) is 24.4 Å². The molecule has 140 valence electrons. The number of urea groups is 1. The molecule has 0 bridgehead atoms. The SMILES string of the molecule is CC1CCC2(CC1)NC(=O)N(CC(=O)N[C@H](C)c1ccc(Br)cc1)C2=O. The zero-order valence-corrected chi connectivity index (χ0v) is 16.6. The van der Waals surface area contributed by atoms with E-state index in [2.05, 4.69) is 33.5 Å². The molecule has 0 aromatic heterocycles. The zero-order chi connectivity index (χ0) is 18.9. The lowest BCUT2D eigenvalue weighted by Gasteiger charge is -2.33. The minimum absolute atomic E-state index is 0.208. The van der Waals surface area contributed by atoms with E-state index < -0.39 is 11.6 Å². The number of hydrogen-bond acceptors (Lipinski definition) is 3. The minimum Gasteiger partial charge on any atom is -0.348 e. The summed E-state index contributed by atoms with van der Waals surface area (Å²) in [4.78, 5) is 38.5. The van der Waals surface area contributed by atoms with Crippen LogP contribution in [0.1, 0.15) is 51.1 Å². The Bertz CT molecular complexity index is 711. The van der Waals surface area contributed by atoms with Crippen molar-refractivity contribution in [2.75, 3.05) is 6.54 Å². The molecule has 1 spiro atoms. The molecule has 3 rings (SSSR count). The second-order valence-corrected chi connectivity index (χ2v) is 8.34. The van der Waals surface area contributed by atoms with Gasteiger partial charge >= 0.3 is 6.03 Å². The number of imide groups is 1. The van der Waals surface area contributed by atoms with Gasteiger partial charge < -0.3 is 10.6 Å². The normalized spacial score (nSPS) is 26.7. The predicted octanol–water partition coefficient (Wildman–Crippen LogP) is 3.13. The van der Waals surface area contributed by atoms with E-state index in [9.17, 15) is 14.4 Å². The van der Waals surface area contributed by atoms with Crippen molar-refractivity contribution < 1.29 is 14.4 Å². The Hall–Kier alpha value is -1.89. The Kier molecular flexibility index (Phi) is 5.37. The summed E-state index contributed by atoms with van der Waals surface area (Å²) in [6, 6.07) is 6.98. The van der Waals surface area contributed by atoms with Gasteiger partial charge in [-0.1, -0.05) is 35.0 Å². The topological polar surface area (TPSA) is 78.5 Å². The summed E-state index contributed by atoms with van der Waals surface area (Å²) < 4.78 is 0.964. The molecule has 2 fully saturated rings. The fourth-order valence-corrected chi connectivity index (χ4v) is 3.94. The molecular formula is C19H24BrN3O3. The Morgan fingerprint density at radius 2 is 1.92 bits per heavy atom. The van der Waals surface area contributed by atoms with Crippen LogP contribution in [0, 0.1) is 5.92 Å². The molecule has 7 heteroatoms. The van der Waals surface area contributed by atoms with E-state index in [1.807, 2.05) is 31.2 Å². The molecular weight excluding hydrogens is 398 g/mol. The molecule has 6 nitrogen and oxygen atoms in total. The molecule has 1 saturated heterocycles. The summed E-state index contributed by atoms with van der Waals surface area (Å²) in [6.07, 6.45) is 3.11. The van der Waals surface area contributed by atoms with Crippen LogP contribution in [0.3, 0.4) is 0 Å². The van der Waals surface area contributed by atoms with Crippen molar-refractivity contribution in [3.63, 3.8) is 0 Å². The van der Waals surface area contributed by atoms with Crippen molar-refractivity contribution in [1.82, 2.24) is 15.5 Å². The Morgan fingerprint density at radius 1 is 1.31 bits per heavy atom. The molecule has 1 aromatic carbocycles. The fourth-order valence-electron chi connectivity index (χ4n) is 3.68. The van der Waals surface area contributed by atoms with Crippen molar-refractivity contribution in [2.45, 2.75) is 51.1 Å². The number of nitrogens with one attached hydrogen (secondary N) is 2. The molecule has 1 aliphatic heterocycles. The van der Waals surface area contributed by atoms with E-state index in [0.717, 1.165) is 27.8 Å². The molecule has 1 aromatic rings. The van der Waals surface area contributed by atoms with Crippen LogP contribution in [0.5, 0.6) is 0 Å². The van der Waals surface area contributed by atoms with Gasteiger partial charge in [0.1, 0.15) is 12.1 Å². The van der Waals surface area contributed by atoms with Crippen LogP contribution in [0.4, 0.5) is 4.79 Å². The maximum atomic E-state index is 12.8. The molecule has 0 radical (unpaired) electrons. The summed E-state index contributed by atoms with van der Waals surface area (Å²) >= 11 is 3.38. The summed E-state index contributed by atoms with van der Waals surface area (Å²) in [6.45, 7) is 3.78. The van der Waals surface area contributed by atoms with Crippen LogP contribution >= 0.6 is 15.9 Å². The molecule has 0 unspecified atom stereocenters. The third-order valence-electron chi connectivity index (χ3n) is 5.42. The van der Waals surface area contributed by atoms with Gasteiger partial charge in [0, 0.05) is 4.47 Å². The van der Waals surface area contributed by atoms with E-state index in [1.165, 1.54) is 0 Å². The van der Waals surface area contributed by atoms with Gasteiger partial charge in [0.05, 0.1) is 6.04 Å². The number of carbonyl (C=O) groups is 3. The quantitative estimate of drug-likeness (QED) is 0.732. The third-order valence-corrected chi connectivity index (χ3v) is 5.95.